The van der Waals surface area contributed by atoms with Gasteiger partial charge < -0.3 is 16.0 Å². The quantitative estimate of drug-likeness (QED) is 0.477. The third-order valence-electron chi connectivity index (χ3n) is 5.61. The second kappa shape index (κ2) is 10.3. The number of rotatable bonds is 7. The topological polar surface area (TPSA) is 88.8 Å². The molecule has 0 aliphatic heterocycles. The Morgan fingerprint density at radius 1 is 1.16 bits per heavy atom. The predicted octanol–water partition coefficient (Wildman–Crippen LogP) is 5.85. The molecule has 1 aliphatic rings. The molecule has 0 heterocycles. The standard InChI is InChI=1S/C25H27ClN4O/c1-16(28)23(17(2)29-22-12-11-20(15-27)24(26)14-22)13-18-7-9-19(10-8-18)25(31)30-21-5-3-4-6-21/h7-12,14,21,28-29H,3-6,13H2,1-2H3,(H,30,31)/b23-17-,28-16?. The van der Waals surface area contributed by atoms with E-state index in [0.717, 1.165) is 35.4 Å². The summed E-state index contributed by atoms with van der Waals surface area (Å²) >= 11 is 6.13. The molecule has 6 heteroatoms. The molecule has 0 aromatic heterocycles. The Kier molecular flexibility index (Phi) is 7.49. The number of carbonyl (C=O) groups excluding carboxylic acids is 1. The highest BCUT2D eigenvalue weighted by Crippen LogP contribution is 2.23. The average Bonchev–Trinajstić information content (AvgIpc) is 3.25. The van der Waals surface area contributed by atoms with E-state index >= 15 is 0 Å². The predicted molar refractivity (Wildman–Crippen MR) is 126 cm³/mol. The molecule has 0 spiro atoms. The van der Waals surface area contributed by atoms with E-state index in [1.54, 1.807) is 25.1 Å². The Morgan fingerprint density at radius 3 is 2.42 bits per heavy atom. The summed E-state index contributed by atoms with van der Waals surface area (Å²) in [6.07, 6.45) is 5.07. The fraction of sp³-hybridized carbons (Fsp3) is 0.320. The van der Waals surface area contributed by atoms with Gasteiger partial charge >= 0.3 is 0 Å². The highest BCUT2D eigenvalue weighted by Gasteiger charge is 2.18. The Bertz CT molecular complexity index is 1040. The number of nitrogens with zero attached hydrogens (tertiary/aromatic N) is 1. The molecule has 0 radical (unpaired) electrons. The number of hydrogen-bond donors (Lipinski definition) is 3. The van der Waals surface area contributed by atoms with Gasteiger partial charge in [0.05, 0.1) is 10.6 Å². The van der Waals surface area contributed by atoms with E-state index in [1.807, 2.05) is 37.3 Å². The van der Waals surface area contributed by atoms with Crippen LogP contribution in [0.5, 0.6) is 0 Å². The summed E-state index contributed by atoms with van der Waals surface area (Å²) in [4.78, 5) is 12.4. The molecule has 0 atom stereocenters. The van der Waals surface area contributed by atoms with Crippen molar-refractivity contribution in [3.05, 3.63) is 75.4 Å². The number of carbonyl (C=O) groups is 1. The maximum atomic E-state index is 12.4. The third-order valence-corrected chi connectivity index (χ3v) is 5.93. The van der Waals surface area contributed by atoms with Gasteiger partial charge in [-0.05, 0) is 68.2 Å². The van der Waals surface area contributed by atoms with Gasteiger partial charge in [-0.2, -0.15) is 5.26 Å². The van der Waals surface area contributed by atoms with Crippen molar-refractivity contribution in [1.82, 2.24) is 5.32 Å². The van der Waals surface area contributed by atoms with Gasteiger partial charge in [-0.1, -0.05) is 36.6 Å². The van der Waals surface area contributed by atoms with Crippen molar-refractivity contribution in [2.45, 2.75) is 52.0 Å². The molecular weight excluding hydrogens is 408 g/mol. The minimum Gasteiger partial charge on any atom is -0.359 e. The SMILES string of the molecule is CC(=N)/C(Cc1ccc(C(=O)NC2CCCC2)cc1)=C(/C)Nc1ccc(C#N)c(Cl)c1. The molecule has 2 aromatic rings. The van der Waals surface area contributed by atoms with Gasteiger partial charge in [0.15, 0.2) is 0 Å². The zero-order valence-electron chi connectivity index (χ0n) is 17.9. The fourth-order valence-corrected chi connectivity index (χ4v) is 4.06. The molecular formula is C25H27ClN4O. The van der Waals surface area contributed by atoms with Crippen molar-refractivity contribution in [3.63, 3.8) is 0 Å². The van der Waals surface area contributed by atoms with Gasteiger partial charge in [-0.25, -0.2) is 0 Å². The van der Waals surface area contributed by atoms with Crippen LogP contribution in [-0.4, -0.2) is 17.7 Å². The summed E-state index contributed by atoms with van der Waals surface area (Å²) in [5.41, 5.74) is 5.05. The first-order valence-electron chi connectivity index (χ1n) is 10.5. The van der Waals surface area contributed by atoms with Crippen molar-refractivity contribution in [2.75, 3.05) is 5.32 Å². The summed E-state index contributed by atoms with van der Waals surface area (Å²) in [5.74, 6) is -0.0204. The lowest BCUT2D eigenvalue weighted by molar-refractivity contribution is 0.0938. The number of halogens is 1. The summed E-state index contributed by atoms with van der Waals surface area (Å²) in [5, 5.41) is 24.0. The van der Waals surface area contributed by atoms with Gasteiger partial charge in [-0.15, -0.1) is 0 Å². The van der Waals surface area contributed by atoms with E-state index in [0.29, 0.717) is 34.3 Å². The Morgan fingerprint density at radius 2 is 1.84 bits per heavy atom. The molecule has 160 valence electrons. The summed E-state index contributed by atoms with van der Waals surface area (Å²) < 4.78 is 0. The van der Waals surface area contributed by atoms with Gasteiger partial charge in [0.1, 0.15) is 6.07 Å². The highest BCUT2D eigenvalue weighted by molar-refractivity contribution is 6.32. The minimum absolute atomic E-state index is 0.0204. The molecule has 31 heavy (non-hydrogen) atoms. The van der Waals surface area contributed by atoms with Gasteiger partial charge in [-0.3, -0.25) is 4.79 Å². The molecule has 1 fully saturated rings. The van der Waals surface area contributed by atoms with Crippen molar-refractivity contribution in [1.29, 1.82) is 10.7 Å². The highest BCUT2D eigenvalue weighted by atomic mass is 35.5. The number of allylic oxidation sites excluding steroid dienone is 2. The number of benzene rings is 2. The summed E-state index contributed by atoms with van der Waals surface area (Å²) in [6, 6.07) is 15.1. The minimum atomic E-state index is -0.0204. The largest absolute Gasteiger partial charge is 0.359 e. The number of amides is 1. The molecule has 1 aliphatic carbocycles. The van der Waals surface area contributed by atoms with Gasteiger partial charge in [0.2, 0.25) is 0 Å². The molecule has 0 bridgehead atoms. The van der Waals surface area contributed by atoms with E-state index in [4.69, 9.17) is 22.3 Å². The number of nitriles is 1. The van der Waals surface area contributed by atoms with Crippen LogP contribution in [0, 0.1) is 16.7 Å². The monoisotopic (exact) mass is 434 g/mol. The maximum absolute atomic E-state index is 12.4. The lowest BCUT2D eigenvalue weighted by atomic mass is 9.98. The zero-order chi connectivity index (χ0) is 22.4. The molecule has 5 nitrogen and oxygen atoms in total. The van der Waals surface area contributed by atoms with E-state index < -0.39 is 0 Å². The van der Waals surface area contributed by atoms with E-state index in [1.165, 1.54) is 12.8 Å². The van der Waals surface area contributed by atoms with Crippen LogP contribution in [0.25, 0.3) is 0 Å². The second-order valence-electron chi connectivity index (χ2n) is 7.99. The van der Waals surface area contributed by atoms with Crippen LogP contribution < -0.4 is 10.6 Å². The van der Waals surface area contributed by atoms with Crippen LogP contribution in [0.15, 0.2) is 53.7 Å². The molecule has 0 unspecified atom stereocenters. The molecule has 2 aromatic carbocycles. The van der Waals surface area contributed by atoms with Gasteiger partial charge in [0.25, 0.3) is 5.91 Å². The molecule has 3 rings (SSSR count). The Balaban J connectivity index is 1.71. The third kappa shape index (κ3) is 5.96. The lowest BCUT2D eigenvalue weighted by Crippen LogP contribution is -2.32. The molecule has 3 N–H and O–H groups in total. The van der Waals surface area contributed by atoms with E-state index in [-0.39, 0.29) is 5.91 Å². The normalized spacial score (nSPS) is 14.5. The van der Waals surface area contributed by atoms with Crippen LogP contribution >= 0.6 is 11.6 Å². The number of anilines is 1. The average molecular weight is 435 g/mol. The molecule has 1 amide bonds. The van der Waals surface area contributed by atoms with Crippen LogP contribution in [0.2, 0.25) is 5.02 Å². The second-order valence-corrected chi connectivity index (χ2v) is 8.40. The first-order chi connectivity index (χ1) is 14.9. The smallest absolute Gasteiger partial charge is 0.251 e. The van der Waals surface area contributed by atoms with Crippen LogP contribution in [0.4, 0.5) is 5.69 Å². The molecule has 1 saturated carbocycles. The van der Waals surface area contributed by atoms with Crippen LogP contribution in [0.3, 0.4) is 0 Å². The Labute approximate surface area is 188 Å². The number of hydrogen-bond acceptors (Lipinski definition) is 4. The van der Waals surface area contributed by atoms with Crippen molar-refractivity contribution >= 4 is 28.9 Å². The first-order valence-corrected chi connectivity index (χ1v) is 10.9. The van der Waals surface area contributed by atoms with Crippen molar-refractivity contribution in [3.8, 4) is 6.07 Å². The summed E-state index contributed by atoms with van der Waals surface area (Å²) in [7, 11) is 0. The van der Waals surface area contributed by atoms with Gasteiger partial charge in [0, 0.05) is 35.1 Å². The fourth-order valence-electron chi connectivity index (χ4n) is 3.84. The molecule has 0 saturated heterocycles. The maximum Gasteiger partial charge on any atom is 0.251 e. The van der Waals surface area contributed by atoms with E-state index in [2.05, 4.69) is 10.6 Å². The number of nitrogens with one attached hydrogen (secondary N) is 3. The van der Waals surface area contributed by atoms with Crippen LogP contribution in [0.1, 0.15) is 61.0 Å². The van der Waals surface area contributed by atoms with Crippen molar-refractivity contribution < 1.29 is 4.79 Å². The zero-order valence-corrected chi connectivity index (χ0v) is 18.6. The summed E-state index contributed by atoms with van der Waals surface area (Å²) in [6.45, 7) is 3.68. The lowest BCUT2D eigenvalue weighted by Gasteiger charge is -2.15. The Hall–Kier alpha value is -3.10. The van der Waals surface area contributed by atoms with Crippen molar-refractivity contribution in [2.24, 2.45) is 0 Å². The first kappa shape index (κ1) is 22.6. The van der Waals surface area contributed by atoms with Crippen LogP contribution in [-0.2, 0) is 6.42 Å². The van der Waals surface area contributed by atoms with E-state index in [9.17, 15) is 4.79 Å².